The zero-order valence-corrected chi connectivity index (χ0v) is 24.6. The number of imide groups is 1. The Hall–Kier alpha value is -4.73. The number of β-lactam (4-membered cyclic amide) rings is 1. The number of nitrogens with zero attached hydrogens (tertiary/aromatic N) is 3. The predicted octanol–water partition coefficient (Wildman–Crippen LogP) is -0.735. The zero-order valence-electron chi connectivity index (χ0n) is 24.6. The lowest BCUT2D eigenvalue weighted by atomic mass is 9.91. The second kappa shape index (κ2) is 13.3. The molecule has 16 nitrogen and oxygen atoms in total. The third kappa shape index (κ3) is 6.15. The number of carbonyl (C=O) groups is 7. The molecule has 0 saturated carbocycles. The maximum atomic E-state index is 13.5. The zero-order chi connectivity index (χ0) is 32.3. The molecule has 7 atom stereocenters. The quantitative estimate of drug-likeness (QED) is 0.136. The molecule has 6 amide bonds. The molecule has 3 heterocycles. The highest BCUT2D eigenvalue weighted by molar-refractivity contribution is 6.38. The van der Waals surface area contributed by atoms with Crippen LogP contribution in [0.1, 0.15) is 39.3 Å². The SMILES string of the molecule is CCOC(=O)OC(C)OC(=O)C1C(C)C(O)[C@@H]2C(NC(=O)C(NC(=O)N3CCN(CC)C(=O)C3=O)c3ccccc3)C(=O)N12. The largest absolute Gasteiger partial charge is 0.511 e. The third-order valence-corrected chi connectivity index (χ3v) is 7.81. The van der Waals surface area contributed by atoms with Gasteiger partial charge in [0.1, 0.15) is 18.1 Å². The summed E-state index contributed by atoms with van der Waals surface area (Å²) < 4.78 is 14.6. The molecule has 3 aliphatic heterocycles. The van der Waals surface area contributed by atoms with E-state index in [0.29, 0.717) is 12.1 Å². The van der Waals surface area contributed by atoms with E-state index in [0.717, 1.165) is 9.80 Å². The minimum Gasteiger partial charge on any atom is -0.435 e. The van der Waals surface area contributed by atoms with Gasteiger partial charge >= 0.3 is 30.0 Å². The summed E-state index contributed by atoms with van der Waals surface area (Å²) in [7, 11) is 0. The van der Waals surface area contributed by atoms with Crippen LogP contribution in [-0.2, 0) is 38.2 Å². The summed E-state index contributed by atoms with van der Waals surface area (Å²) in [6.45, 7) is 6.49. The Balaban J connectivity index is 1.46. The summed E-state index contributed by atoms with van der Waals surface area (Å²) in [5, 5.41) is 15.9. The molecule has 0 radical (unpaired) electrons. The Bertz CT molecular complexity index is 1320. The van der Waals surface area contributed by atoms with E-state index in [-0.39, 0.29) is 19.7 Å². The summed E-state index contributed by atoms with van der Waals surface area (Å²) in [4.78, 5) is 92.3. The van der Waals surface area contributed by atoms with Crippen LogP contribution in [0, 0.1) is 5.92 Å². The lowest BCUT2D eigenvalue weighted by molar-refractivity contribution is -0.180. The van der Waals surface area contributed by atoms with Crippen LogP contribution in [0.5, 0.6) is 0 Å². The smallest absolute Gasteiger partial charge is 0.435 e. The molecule has 0 aromatic heterocycles. The molecule has 3 aliphatic rings. The van der Waals surface area contributed by atoms with Crippen molar-refractivity contribution < 1.29 is 52.9 Å². The summed E-state index contributed by atoms with van der Waals surface area (Å²) in [6, 6.07) is 2.23. The molecular weight excluding hydrogens is 582 g/mol. The number of hydrogen-bond donors (Lipinski definition) is 3. The van der Waals surface area contributed by atoms with Gasteiger partial charge in [0.25, 0.3) is 0 Å². The van der Waals surface area contributed by atoms with Crippen LogP contribution < -0.4 is 10.6 Å². The Morgan fingerprint density at radius 3 is 2.34 bits per heavy atom. The Labute approximate surface area is 252 Å². The fourth-order valence-electron chi connectivity index (χ4n) is 5.54. The second-order valence-electron chi connectivity index (χ2n) is 10.5. The van der Waals surface area contributed by atoms with Crippen molar-refractivity contribution in [2.24, 2.45) is 5.92 Å². The van der Waals surface area contributed by atoms with Crippen molar-refractivity contribution >= 4 is 41.8 Å². The van der Waals surface area contributed by atoms with Gasteiger partial charge in [0.05, 0.1) is 18.8 Å². The number of nitrogens with one attached hydrogen (secondary N) is 2. The maximum Gasteiger partial charge on any atom is 0.511 e. The van der Waals surface area contributed by atoms with Crippen molar-refractivity contribution in [2.75, 3.05) is 26.2 Å². The lowest BCUT2D eigenvalue weighted by Gasteiger charge is -2.45. The fourth-order valence-corrected chi connectivity index (χ4v) is 5.54. The lowest BCUT2D eigenvalue weighted by Crippen LogP contribution is -2.73. The first kappa shape index (κ1) is 32.2. The minimum atomic E-state index is -1.38. The first-order valence-electron chi connectivity index (χ1n) is 14.2. The summed E-state index contributed by atoms with van der Waals surface area (Å²) in [5.41, 5.74) is 0.324. The van der Waals surface area contributed by atoms with Gasteiger partial charge in [-0.1, -0.05) is 37.3 Å². The van der Waals surface area contributed by atoms with Gasteiger partial charge in [-0.2, -0.15) is 0 Å². The molecule has 0 aliphatic carbocycles. The molecule has 44 heavy (non-hydrogen) atoms. The number of aliphatic hydroxyl groups excluding tert-OH is 1. The van der Waals surface area contributed by atoms with Crippen LogP contribution in [-0.4, -0.2) is 118 Å². The van der Waals surface area contributed by atoms with Crippen LogP contribution in [0.25, 0.3) is 0 Å². The normalized spacial score (nSPS) is 25.8. The van der Waals surface area contributed by atoms with E-state index in [1.54, 1.807) is 44.2 Å². The molecule has 3 N–H and O–H groups in total. The van der Waals surface area contributed by atoms with Crippen molar-refractivity contribution in [3.05, 3.63) is 35.9 Å². The number of aliphatic hydroxyl groups is 1. The molecule has 1 aromatic rings. The number of hydrogen-bond acceptors (Lipinski definition) is 11. The van der Waals surface area contributed by atoms with Gasteiger partial charge in [-0.15, -0.1) is 0 Å². The highest BCUT2D eigenvalue weighted by atomic mass is 16.8. The number of benzene rings is 1. The van der Waals surface area contributed by atoms with Crippen molar-refractivity contribution in [1.29, 1.82) is 0 Å². The number of carbonyl (C=O) groups excluding carboxylic acids is 7. The number of ether oxygens (including phenoxy) is 3. The Morgan fingerprint density at radius 2 is 1.70 bits per heavy atom. The fraction of sp³-hybridized carbons (Fsp3) is 0.536. The highest BCUT2D eigenvalue weighted by Crippen LogP contribution is 2.40. The molecule has 4 rings (SSSR count). The molecule has 6 unspecified atom stereocenters. The van der Waals surface area contributed by atoms with E-state index in [1.807, 2.05) is 0 Å². The molecule has 3 saturated heterocycles. The van der Waals surface area contributed by atoms with Gasteiger partial charge < -0.3 is 39.8 Å². The first-order valence-corrected chi connectivity index (χ1v) is 14.2. The summed E-state index contributed by atoms with van der Waals surface area (Å²) >= 11 is 0. The second-order valence-corrected chi connectivity index (χ2v) is 10.5. The molecule has 1 aromatic carbocycles. The van der Waals surface area contributed by atoms with E-state index in [9.17, 15) is 38.7 Å². The summed E-state index contributed by atoms with van der Waals surface area (Å²) in [5.74, 6) is -5.10. The van der Waals surface area contributed by atoms with Gasteiger partial charge in [0.2, 0.25) is 18.1 Å². The van der Waals surface area contributed by atoms with Gasteiger partial charge in [-0.05, 0) is 19.4 Å². The van der Waals surface area contributed by atoms with Crippen molar-refractivity contribution in [3.63, 3.8) is 0 Å². The van der Waals surface area contributed by atoms with Crippen molar-refractivity contribution in [2.45, 2.75) is 64.3 Å². The van der Waals surface area contributed by atoms with Gasteiger partial charge in [0.15, 0.2) is 0 Å². The van der Waals surface area contributed by atoms with Crippen LogP contribution in [0.2, 0.25) is 0 Å². The maximum absolute atomic E-state index is 13.5. The highest BCUT2D eigenvalue weighted by Gasteiger charge is 2.64. The standard InChI is InChI=1S/C28H35N5O11/c1-5-31-12-13-32(25(38)24(31)37)27(40)30-17(16-10-8-7-9-11-16)22(35)29-18-20-21(34)14(3)19(33(20)23(18)36)26(39)43-15(4)44-28(41)42-6-2/h7-11,14-15,17-21,34H,5-6,12-13H2,1-4H3,(H,29,35)(H,30,40)/t14?,15?,17?,18?,19?,20-,21?/m0/s1. The molecule has 0 bridgehead atoms. The third-order valence-electron chi connectivity index (χ3n) is 7.81. The van der Waals surface area contributed by atoms with E-state index in [4.69, 9.17) is 9.47 Å². The number of piperazine rings is 1. The molecule has 16 heteroatoms. The van der Waals surface area contributed by atoms with Crippen LogP contribution in [0.4, 0.5) is 9.59 Å². The Morgan fingerprint density at radius 1 is 1.02 bits per heavy atom. The van der Waals surface area contributed by atoms with Gasteiger partial charge in [-0.3, -0.25) is 24.1 Å². The number of esters is 1. The number of fused-ring (bicyclic) bond motifs is 1. The Kier molecular flexibility index (Phi) is 9.71. The number of rotatable bonds is 9. The van der Waals surface area contributed by atoms with Gasteiger partial charge in [-0.25, -0.2) is 14.4 Å². The molecule has 3 fully saturated rings. The number of urea groups is 1. The van der Waals surface area contributed by atoms with E-state index in [2.05, 4.69) is 15.4 Å². The summed E-state index contributed by atoms with van der Waals surface area (Å²) in [6.07, 6.45) is -3.62. The predicted molar refractivity (Wildman–Crippen MR) is 147 cm³/mol. The average Bonchev–Trinajstić information content (AvgIpc) is 3.23. The van der Waals surface area contributed by atoms with E-state index >= 15 is 0 Å². The topological polar surface area (TPSA) is 201 Å². The van der Waals surface area contributed by atoms with Crippen molar-refractivity contribution in [3.8, 4) is 0 Å². The van der Waals surface area contributed by atoms with Crippen molar-refractivity contribution in [1.82, 2.24) is 25.3 Å². The number of likely N-dealkylation sites (N-methyl/N-ethyl adjacent to an activating group) is 1. The van der Waals surface area contributed by atoms with Gasteiger partial charge in [0, 0.05) is 32.5 Å². The monoisotopic (exact) mass is 617 g/mol. The molecule has 238 valence electrons. The van der Waals surface area contributed by atoms with Crippen LogP contribution in [0.15, 0.2) is 30.3 Å². The van der Waals surface area contributed by atoms with E-state index in [1.165, 1.54) is 18.7 Å². The number of amides is 6. The van der Waals surface area contributed by atoms with E-state index < -0.39 is 84.3 Å². The van der Waals surface area contributed by atoms with Crippen LogP contribution in [0.3, 0.4) is 0 Å². The average molecular weight is 618 g/mol. The minimum absolute atomic E-state index is 0.0466. The van der Waals surface area contributed by atoms with Crippen LogP contribution >= 0.6 is 0 Å². The molecular formula is C28H35N5O11. The molecule has 0 spiro atoms. The first-order chi connectivity index (χ1) is 20.9.